The number of rotatable bonds is 3. The van der Waals surface area contributed by atoms with Gasteiger partial charge in [-0.3, -0.25) is 9.20 Å². The lowest BCUT2D eigenvalue weighted by atomic mass is 10.1. The number of benzene rings is 2. The second-order valence-electron chi connectivity index (χ2n) is 6.14. The molecule has 2 heterocycles. The van der Waals surface area contributed by atoms with E-state index >= 15 is 0 Å². The van der Waals surface area contributed by atoms with Crippen molar-refractivity contribution in [1.29, 1.82) is 0 Å². The number of fused-ring (bicyclic) bond motifs is 3. The fourth-order valence-electron chi connectivity index (χ4n) is 2.94. The van der Waals surface area contributed by atoms with Crippen molar-refractivity contribution >= 4 is 56.4 Å². The molecule has 0 aliphatic rings. The lowest BCUT2D eigenvalue weighted by Crippen LogP contribution is -2.26. The Bertz CT molecular complexity index is 1120. The standard InChI is InChI=1S/C19H15ClFN3OS.ClH/c1-23(2)18(25)15(20)17-16(11-7-9-12(21)10-8-11)22-19-24(17)13-5-3-4-6-14(13)26-19;/h3-10,15H,1-2H3;1H. The number of aromatic nitrogens is 2. The van der Waals surface area contributed by atoms with E-state index in [9.17, 15) is 9.18 Å². The zero-order chi connectivity index (χ0) is 18.4. The Labute approximate surface area is 170 Å². The molecule has 0 saturated heterocycles. The number of hydrogen-bond donors (Lipinski definition) is 0. The molecule has 0 fully saturated rings. The van der Waals surface area contributed by atoms with Gasteiger partial charge in [0.05, 0.1) is 21.6 Å². The second kappa shape index (κ2) is 7.46. The largest absolute Gasteiger partial charge is 0.347 e. The molecule has 27 heavy (non-hydrogen) atoms. The first-order chi connectivity index (χ1) is 12.5. The molecule has 1 amide bonds. The van der Waals surface area contributed by atoms with Crippen LogP contribution in [0.5, 0.6) is 0 Å². The van der Waals surface area contributed by atoms with Gasteiger partial charge >= 0.3 is 0 Å². The summed E-state index contributed by atoms with van der Waals surface area (Å²) >= 11 is 8.12. The Morgan fingerprint density at radius 2 is 1.85 bits per heavy atom. The number of nitrogens with zero attached hydrogens (tertiary/aromatic N) is 3. The molecule has 140 valence electrons. The Morgan fingerprint density at radius 1 is 1.19 bits per heavy atom. The number of hydrogen-bond acceptors (Lipinski definition) is 3. The summed E-state index contributed by atoms with van der Waals surface area (Å²) < 4.78 is 16.3. The van der Waals surface area contributed by atoms with Crippen molar-refractivity contribution in [3.8, 4) is 11.3 Å². The zero-order valence-electron chi connectivity index (χ0n) is 14.5. The molecule has 0 aliphatic heterocycles. The fraction of sp³-hybridized carbons (Fsp3) is 0.158. The van der Waals surface area contributed by atoms with Crippen molar-refractivity contribution in [2.24, 2.45) is 0 Å². The molecular formula is C19H16Cl2FN3OS. The van der Waals surface area contributed by atoms with Crippen LogP contribution in [0.3, 0.4) is 0 Å². The second-order valence-corrected chi connectivity index (χ2v) is 7.58. The number of thiazole rings is 1. The number of para-hydroxylation sites is 1. The topological polar surface area (TPSA) is 37.6 Å². The molecule has 0 radical (unpaired) electrons. The van der Waals surface area contributed by atoms with Crippen LogP contribution < -0.4 is 0 Å². The normalized spacial score (nSPS) is 12.1. The maximum absolute atomic E-state index is 13.3. The van der Waals surface area contributed by atoms with Gasteiger partial charge < -0.3 is 4.90 Å². The van der Waals surface area contributed by atoms with Crippen LogP contribution in [-0.4, -0.2) is 34.3 Å². The molecule has 4 rings (SSSR count). The highest BCUT2D eigenvalue weighted by Crippen LogP contribution is 2.38. The molecule has 0 spiro atoms. The molecule has 8 heteroatoms. The van der Waals surface area contributed by atoms with Crippen LogP contribution in [0.2, 0.25) is 0 Å². The predicted molar refractivity (Wildman–Crippen MR) is 111 cm³/mol. The fourth-order valence-corrected chi connectivity index (χ4v) is 4.37. The van der Waals surface area contributed by atoms with Gasteiger partial charge in [0, 0.05) is 19.7 Å². The molecular weight excluding hydrogens is 408 g/mol. The first kappa shape index (κ1) is 19.6. The van der Waals surface area contributed by atoms with Gasteiger partial charge in [0.1, 0.15) is 5.82 Å². The maximum Gasteiger partial charge on any atom is 0.246 e. The molecule has 2 aromatic heterocycles. The van der Waals surface area contributed by atoms with E-state index in [4.69, 9.17) is 16.6 Å². The summed E-state index contributed by atoms with van der Waals surface area (Å²) in [4.78, 5) is 19.5. The number of likely N-dealkylation sites (N-methyl/N-ethyl adjacent to an activating group) is 1. The highest BCUT2D eigenvalue weighted by Gasteiger charge is 2.29. The molecule has 4 aromatic rings. The number of alkyl halides is 1. The average Bonchev–Trinajstić information content (AvgIpc) is 3.17. The van der Waals surface area contributed by atoms with Crippen LogP contribution in [-0.2, 0) is 4.79 Å². The molecule has 0 aliphatic carbocycles. The minimum atomic E-state index is -0.905. The molecule has 0 bridgehead atoms. The quantitative estimate of drug-likeness (QED) is 0.427. The molecule has 0 N–H and O–H groups in total. The first-order valence-electron chi connectivity index (χ1n) is 7.98. The van der Waals surface area contributed by atoms with Crippen molar-refractivity contribution in [3.63, 3.8) is 0 Å². The Hall–Kier alpha value is -2.15. The molecule has 0 saturated carbocycles. The number of carbonyl (C=O) groups is 1. The summed E-state index contributed by atoms with van der Waals surface area (Å²) in [5.41, 5.74) is 2.86. The minimum Gasteiger partial charge on any atom is -0.347 e. The Kier molecular flexibility index (Phi) is 5.42. The predicted octanol–water partition coefficient (Wildman–Crippen LogP) is 5.15. The van der Waals surface area contributed by atoms with Crippen molar-refractivity contribution in [2.45, 2.75) is 5.38 Å². The van der Waals surface area contributed by atoms with Crippen LogP contribution in [0.25, 0.3) is 26.4 Å². The number of halogens is 3. The third-order valence-corrected chi connectivity index (χ3v) is 5.62. The number of imidazole rings is 1. The SMILES string of the molecule is CN(C)C(=O)C(Cl)c1c(-c2ccc(F)cc2)nc2sc3ccccc3n12.Cl. The third kappa shape index (κ3) is 3.29. The van der Waals surface area contributed by atoms with Crippen LogP contribution in [0, 0.1) is 5.82 Å². The van der Waals surface area contributed by atoms with E-state index in [-0.39, 0.29) is 24.1 Å². The van der Waals surface area contributed by atoms with E-state index in [1.165, 1.54) is 28.4 Å². The molecule has 4 nitrogen and oxygen atoms in total. The van der Waals surface area contributed by atoms with E-state index < -0.39 is 5.38 Å². The van der Waals surface area contributed by atoms with E-state index in [2.05, 4.69) is 0 Å². The van der Waals surface area contributed by atoms with Gasteiger partial charge in [-0.1, -0.05) is 23.5 Å². The number of carbonyl (C=O) groups excluding carboxylic acids is 1. The van der Waals surface area contributed by atoms with Crippen molar-refractivity contribution < 1.29 is 9.18 Å². The van der Waals surface area contributed by atoms with Gasteiger partial charge in [0.2, 0.25) is 5.91 Å². The molecule has 1 atom stereocenters. The summed E-state index contributed by atoms with van der Waals surface area (Å²) in [7, 11) is 3.33. The Morgan fingerprint density at radius 3 is 2.52 bits per heavy atom. The van der Waals surface area contributed by atoms with Gasteiger partial charge in [-0.25, -0.2) is 9.37 Å². The number of amides is 1. The highest BCUT2D eigenvalue weighted by atomic mass is 35.5. The zero-order valence-corrected chi connectivity index (χ0v) is 16.9. The average molecular weight is 424 g/mol. The van der Waals surface area contributed by atoms with E-state index in [1.54, 1.807) is 26.2 Å². The minimum absolute atomic E-state index is 0. The van der Waals surface area contributed by atoms with Crippen LogP contribution in [0.4, 0.5) is 4.39 Å². The summed E-state index contributed by atoms with van der Waals surface area (Å²) in [6.45, 7) is 0. The van der Waals surface area contributed by atoms with Crippen molar-refractivity contribution in [1.82, 2.24) is 14.3 Å². The van der Waals surface area contributed by atoms with E-state index in [0.717, 1.165) is 20.7 Å². The first-order valence-corrected chi connectivity index (χ1v) is 9.23. The lowest BCUT2D eigenvalue weighted by molar-refractivity contribution is -0.128. The molecule has 1 unspecified atom stereocenters. The summed E-state index contributed by atoms with van der Waals surface area (Å²) in [6.07, 6.45) is 0. The smallest absolute Gasteiger partial charge is 0.246 e. The van der Waals surface area contributed by atoms with Crippen LogP contribution >= 0.6 is 35.3 Å². The summed E-state index contributed by atoms with van der Waals surface area (Å²) in [5.74, 6) is -0.555. The van der Waals surface area contributed by atoms with Crippen LogP contribution in [0.15, 0.2) is 48.5 Å². The molecule has 2 aromatic carbocycles. The van der Waals surface area contributed by atoms with Gasteiger partial charge in [-0.05, 0) is 36.4 Å². The van der Waals surface area contributed by atoms with Crippen molar-refractivity contribution in [3.05, 3.63) is 60.0 Å². The van der Waals surface area contributed by atoms with Crippen molar-refractivity contribution in [2.75, 3.05) is 14.1 Å². The van der Waals surface area contributed by atoms with Gasteiger partial charge in [-0.15, -0.1) is 24.0 Å². The highest BCUT2D eigenvalue weighted by molar-refractivity contribution is 7.23. The van der Waals surface area contributed by atoms with Crippen LogP contribution in [0.1, 0.15) is 11.1 Å². The maximum atomic E-state index is 13.3. The van der Waals surface area contributed by atoms with Gasteiger partial charge in [0.15, 0.2) is 10.3 Å². The lowest BCUT2D eigenvalue weighted by Gasteiger charge is -2.16. The summed E-state index contributed by atoms with van der Waals surface area (Å²) in [5, 5.41) is -0.905. The van der Waals surface area contributed by atoms with E-state index in [1.807, 2.05) is 28.7 Å². The summed E-state index contributed by atoms with van der Waals surface area (Å²) in [6, 6.07) is 13.9. The third-order valence-electron chi connectivity index (χ3n) is 4.20. The van der Waals surface area contributed by atoms with Gasteiger partial charge in [0.25, 0.3) is 0 Å². The van der Waals surface area contributed by atoms with E-state index in [0.29, 0.717) is 11.4 Å². The van der Waals surface area contributed by atoms with Gasteiger partial charge in [-0.2, -0.15) is 0 Å². The Balaban J connectivity index is 0.00000210. The monoisotopic (exact) mass is 423 g/mol.